The molecule has 84 valence electrons. The Kier molecular flexibility index (Phi) is 4.31. The smallest absolute Gasteiger partial charge is 0.279 e. The molecule has 6 heteroatoms. The van der Waals surface area contributed by atoms with Crippen LogP contribution in [0.1, 0.15) is 26.2 Å². The van der Waals surface area contributed by atoms with Crippen molar-refractivity contribution in [2.24, 2.45) is 0 Å². The van der Waals surface area contributed by atoms with Gasteiger partial charge in [-0.2, -0.15) is 17.4 Å². The molecule has 0 bridgehead atoms. The van der Waals surface area contributed by atoms with Crippen LogP contribution < -0.4 is 4.72 Å². The van der Waals surface area contributed by atoms with E-state index in [1.165, 1.54) is 4.31 Å². The van der Waals surface area contributed by atoms with E-state index in [1.807, 2.05) is 0 Å². The molecule has 0 aromatic rings. The molecule has 0 amide bonds. The van der Waals surface area contributed by atoms with Crippen LogP contribution in [0.15, 0.2) is 0 Å². The summed E-state index contributed by atoms with van der Waals surface area (Å²) in [7, 11) is -3.37. The van der Waals surface area contributed by atoms with Gasteiger partial charge < -0.3 is 5.11 Å². The van der Waals surface area contributed by atoms with Crippen molar-refractivity contribution in [1.29, 1.82) is 0 Å². The predicted molar refractivity (Wildman–Crippen MR) is 54.0 cm³/mol. The minimum Gasteiger partial charge on any atom is -0.395 e. The molecule has 0 radical (unpaired) electrons. The first-order chi connectivity index (χ1) is 6.56. The van der Waals surface area contributed by atoms with Crippen LogP contribution in [0.3, 0.4) is 0 Å². The molecule has 1 unspecified atom stereocenters. The maximum atomic E-state index is 11.7. The van der Waals surface area contributed by atoms with Crippen molar-refractivity contribution in [2.45, 2.75) is 32.2 Å². The van der Waals surface area contributed by atoms with Gasteiger partial charge in [0.1, 0.15) is 0 Å². The summed E-state index contributed by atoms with van der Waals surface area (Å²) in [6, 6.07) is -0.415. The zero-order valence-electron chi connectivity index (χ0n) is 8.44. The molecule has 1 atom stereocenters. The first-order valence-electron chi connectivity index (χ1n) is 4.94. The number of aliphatic hydroxyl groups is 1. The van der Waals surface area contributed by atoms with Crippen LogP contribution in [0.25, 0.3) is 0 Å². The van der Waals surface area contributed by atoms with E-state index >= 15 is 0 Å². The first-order valence-corrected chi connectivity index (χ1v) is 6.38. The van der Waals surface area contributed by atoms with Gasteiger partial charge in [0.15, 0.2) is 0 Å². The fraction of sp³-hybridized carbons (Fsp3) is 1.00. The molecule has 1 aliphatic rings. The molecule has 0 spiro atoms. The fourth-order valence-corrected chi connectivity index (χ4v) is 2.94. The van der Waals surface area contributed by atoms with E-state index in [9.17, 15) is 8.42 Å². The van der Waals surface area contributed by atoms with Crippen LogP contribution >= 0.6 is 0 Å². The third kappa shape index (κ3) is 3.20. The van der Waals surface area contributed by atoms with Crippen molar-refractivity contribution in [2.75, 3.05) is 19.7 Å². The fourth-order valence-electron chi connectivity index (χ4n) is 1.47. The lowest BCUT2D eigenvalue weighted by atomic mass is 10.2. The second-order valence-corrected chi connectivity index (χ2v) is 5.37. The molecular weight excluding hydrogens is 204 g/mol. The standard InChI is InChI=1S/C8H18N2O3S/c1-8(7-11)9-14(12,13)10-5-3-2-4-6-10/h8-9,11H,2-7H2,1H3. The Balaban J connectivity index is 2.54. The van der Waals surface area contributed by atoms with Gasteiger partial charge in [-0.3, -0.25) is 0 Å². The summed E-state index contributed by atoms with van der Waals surface area (Å²) in [5, 5.41) is 8.75. The first kappa shape index (κ1) is 11.9. The van der Waals surface area contributed by atoms with Crippen molar-refractivity contribution >= 4 is 10.2 Å². The molecule has 0 aliphatic carbocycles. The van der Waals surface area contributed by atoms with Gasteiger partial charge in [-0.05, 0) is 19.8 Å². The molecule has 0 aromatic carbocycles. The van der Waals surface area contributed by atoms with Gasteiger partial charge in [0, 0.05) is 19.1 Å². The molecule has 14 heavy (non-hydrogen) atoms. The van der Waals surface area contributed by atoms with Crippen molar-refractivity contribution in [3.63, 3.8) is 0 Å². The van der Waals surface area contributed by atoms with Crippen LogP contribution in [0.4, 0.5) is 0 Å². The van der Waals surface area contributed by atoms with E-state index in [2.05, 4.69) is 4.72 Å². The average Bonchev–Trinajstić information content (AvgIpc) is 2.18. The molecular formula is C8H18N2O3S. The zero-order chi connectivity index (χ0) is 10.6. The quantitative estimate of drug-likeness (QED) is 0.685. The summed E-state index contributed by atoms with van der Waals surface area (Å²) in [5.41, 5.74) is 0. The van der Waals surface area contributed by atoms with Gasteiger partial charge in [0.25, 0.3) is 10.2 Å². The molecule has 0 saturated carbocycles. The number of aliphatic hydroxyl groups excluding tert-OH is 1. The van der Waals surface area contributed by atoms with E-state index in [0.29, 0.717) is 13.1 Å². The number of nitrogens with one attached hydrogen (secondary N) is 1. The Hall–Kier alpha value is -0.170. The van der Waals surface area contributed by atoms with Gasteiger partial charge in [-0.15, -0.1) is 0 Å². The molecule has 2 N–H and O–H groups in total. The average molecular weight is 222 g/mol. The third-order valence-electron chi connectivity index (χ3n) is 2.28. The van der Waals surface area contributed by atoms with Crippen LogP contribution in [-0.2, 0) is 10.2 Å². The normalized spacial score (nSPS) is 22.1. The maximum Gasteiger partial charge on any atom is 0.279 e. The predicted octanol–water partition coefficient (Wildman–Crippen LogP) is -0.313. The molecule has 1 heterocycles. The Bertz CT molecular complexity index is 260. The third-order valence-corrected chi connectivity index (χ3v) is 4.02. The highest BCUT2D eigenvalue weighted by molar-refractivity contribution is 7.87. The molecule has 1 saturated heterocycles. The van der Waals surface area contributed by atoms with E-state index in [1.54, 1.807) is 6.92 Å². The van der Waals surface area contributed by atoms with Gasteiger partial charge >= 0.3 is 0 Å². The second-order valence-electron chi connectivity index (χ2n) is 3.67. The Morgan fingerprint density at radius 1 is 1.36 bits per heavy atom. The summed E-state index contributed by atoms with van der Waals surface area (Å²) in [6.07, 6.45) is 2.95. The highest BCUT2D eigenvalue weighted by Gasteiger charge is 2.24. The van der Waals surface area contributed by atoms with E-state index in [-0.39, 0.29) is 6.61 Å². The van der Waals surface area contributed by atoms with Crippen LogP contribution in [0.5, 0.6) is 0 Å². The van der Waals surface area contributed by atoms with Gasteiger partial charge in [-0.1, -0.05) is 6.42 Å². The van der Waals surface area contributed by atoms with Crippen LogP contribution in [0.2, 0.25) is 0 Å². The minimum absolute atomic E-state index is 0.174. The highest BCUT2D eigenvalue weighted by atomic mass is 32.2. The van der Waals surface area contributed by atoms with E-state index in [4.69, 9.17) is 5.11 Å². The second kappa shape index (κ2) is 5.06. The van der Waals surface area contributed by atoms with E-state index < -0.39 is 16.3 Å². The lowest BCUT2D eigenvalue weighted by molar-refractivity contribution is 0.260. The van der Waals surface area contributed by atoms with Gasteiger partial charge in [0.2, 0.25) is 0 Å². The number of nitrogens with zero attached hydrogens (tertiary/aromatic N) is 1. The Morgan fingerprint density at radius 2 is 1.93 bits per heavy atom. The van der Waals surface area contributed by atoms with Crippen molar-refractivity contribution < 1.29 is 13.5 Å². The molecule has 0 aromatic heterocycles. The van der Waals surface area contributed by atoms with Gasteiger partial charge in [-0.25, -0.2) is 0 Å². The van der Waals surface area contributed by atoms with Crippen molar-refractivity contribution in [3.8, 4) is 0 Å². The summed E-state index contributed by atoms with van der Waals surface area (Å²) < 4.78 is 27.2. The van der Waals surface area contributed by atoms with Crippen molar-refractivity contribution in [1.82, 2.24) is 9.03 Å². The lowest BCUT2D eigenvalue weighted by Crippen LogP contribution is -2.47. The monoisotopic (exact) mass is 222 g/mol. The molecule has 5 nitrogen and oxygen atoms in total. The highest BCUT2D eigenvalue weighted by Crippen LogP contribution is 2.11. The number of hydrogen-bond donors (Lipinski definition) is 2. The van der Waals surface area contributed by atoms with Gasteiger partial charge in [0.05, 0.1) is 6.61 Å². The summed E-state index contributed by atoms with van der Waals surface area (Å²) in [6.45, 7) is 2.65. The van der Waals surface area contributed by atoms with Crippen molar-refractivity contribution in [3.05, 3.63) is 0 Å². The minimum atomic E-state index is -3.37. The Labute approximate surface area is 85.3 Å². The Morgan fingerprint density at radius 3 is 2.43 bits per heavy atom. The molecule has 1 aliphatic heterocycles. The van der Waals surface area contributed by atoms with Crippen LogP contribution in [0, 0.1) is 0 Å². The maximum absolute atomic E-state index is 11.7. The number of hydrogen-bond acceptors (Lipinski definition) is 3. The number of piperidine rings is 1. The topological polar surface area (TPSA) is 69.6 Å². The zero-order valence-corrected chi connectivity index (χ0v) is 9.26. The van der Waals surface area contributed by atoms with Crippen LogP contribution in [-0.4, -0.2) is 43.6 Å². The largest absolute Gasteiger partial charge is 0.395 e. The summed E-state index contributed by atoms with van der Waals surface area (Å²) >= 11 is 0. The lowest BCUT2D eigenvalue weighted by Gasteiger charge is -2.27. The van der Waals surface area contributed by atoms with E-state index in [0.717, 1.165) is 19.3 Å². The summed E-state index contributed by atoms with van der Waals surface area (Å²) in [4.78, 5) is 0. The molecule has 1 rings (SSSR count). The SMILES string of the molecule is CC(CO)NS(=O)(=O)N1CCCCC1. The number of rotatable bonds is 4. The summed E-state index contributed by atoms with van der Waals surface area (Å²) in [5.74, 6) is 0. The molecule has 1 fully saturated rings.